The highest BCUT2D eigenvalue weighted by molar-refractivity contribution is 5.87. The van der Waals surface area contributed by atoms with E-state index in [1.54, 1.807) is 17.0 Å². The minimum atomic E-state index is -0.857. The first-order valence-corrected chi connectivity index (χ1v) is 11.3. The van der Waals surface area contributed by atoms with Gasteiger partial charge in [0.2, 0.25) is 5.91 Å². The van der Waals surface area contributed by atoms with E-state index in [1.165, 1.54) is 17.0 Å². The number of nitrogens with one attached hydrogen (secondary N) is 1. The number of amides is 3. The van der Waals surface area contributed by atoms with Crippen LogP contribution in [0.1, 0.15) is 11.1 Å². The highest BCUT2D eigenvalue weighted by Crippen LogP contribution is 2.15. The van der Waals surface area contributed by atoms with Gasteiger partial charge < -0.3 is 25.0 Å². The van der Waals surface area contributed by atoms with Gasteiger partial charge >= 0.3 is 6.03 Å². The maximum Gasteiger partial charge on any atom is 0.318 e. The van der Waals surface area contributed by atoms with Crippen LogP contribution in [0.15, 0.2) is 54.6 Å². The summed E-state index contributed by atoms with van der Waals surface area (Å²) in [5.41, 5.74) is 1.71. The summed E-state index contributed by atoms with van der Waals surface area (Å²) in [4.78, 5) is 40.0. The molecule has 182 valence electrons. The number of aliphatic hydroxyl groups excluding tert-OH is 1. The molecule has 0 aliphatic carbocycles. The monoisotopic (exact) mass is 470 g/mol. The Kier molecular flexibility index (Phi) is 9.36. The van der Waals surface area contributed by atoms with E-state index in [1.807, 2.05) is 30.3 Å². The first kappa shape index (κ1) is 25.1. The molecule has 3 amide bonds. The summed E-state index contributed by atoms with van der Waals surface area (Å²) in [7, 11) is 0. The molecule has 1 atom stereocenters. The van der Waals surface area contributed by atoms with Gasteiger partial charge in [-0.1, -0.05) is 42.5 Å². The Labute approximate surface area is 198 Å². The lowest BCUT2D eigenvalue weighted by atomic mass is 10.0. The topological polar surface area (TPSA) is 125 Å². The van der Waals surface area contributed by atoms with E-state index in [0.29, 0.717) is 44.8 Å². The molecule has 2 aromatic carbocycles. The number of non-ortho nitro benzene ring substituents is 1. The molecule has 1 fully saturated rings. The summed E-state index contributed by atoms with van der Waals surface area (Å²) >= 11 is 0. The van der Waals surface area contributed by atoms with Gasteiger partial charge in [0.25, 0.3) is 5.69 Å². The highest BCUT2D eigenvalue weighted by Gasteiger charge is 2.29. The second kappa shape index (κ2) is 12.7. The van der Waals surface area contributed by atoms with Crippen molar-refractivity contribution in [3.8, 4) is 0 Å². The predicted molar refractivity (Wildman–Crippen MR) is 125 cm³/mol. The van der Waals surface area contributed by atoms with E-state index in [-0.39, 0.29) is 31.2 Å². The number of morpholine rings is 1. The van der Waals surface area contributed by atoms with Gasteiger partial charge in [-0.05, 0) is 17.5 Å². The van der Waals surface area contributed by atoms with Crippen LogP contribution >= 0.6 is 0 Å². The zero-order valence-electron chi connectivity index (χ0n) is 19.0. The van der Waals surface area contributed by atoms with Gasteiger partial charge in [-0.15, -0.1) is 0 Å². The van der Waals surface area contributed by atoms with Crippen LogP contribution in [0.5, 0.6) is 0 Å². The molecule has 0 aromatic heterocycles. The molecule has 10 heteroatoms. The summed E-state index contributed by atoms with van der Waals surface area (Å²) in [5.74, 6) is -0.234. The molecule has 0 radical (unpaired) electrons. The van der Waals surface area contributed by atoms with Crippen molar-refractivity contribution in [2.24, 2.45) is 0 Å². The average Bonchev–Trinajstić information content (AvgIpc) is 2.87. The largest absolute Gasteiger partial charge is 0.395 e. The van der Waals surface area contributed by atoms with Crippen LogP contribution in [-0.4, -0.2) is 83.8 Å². The van der Waals surface area contributed by atoms with Gasteiger partial charge in [-0.2, -0.15) is 0 Å². The molecule has 1 aliphatic heterocycles. The van der Waals surface area contributed by atoms with Crippen molar-refractivity contribution in [2.45, 2.75) is 18.9 Å². The molecule has 1 unspecified atom stereocenters. The second-order valence-electron chi connectivity index (χ2n) is 8.01. The number of nitro benzene ring substituents is 1. The summed E-state index contributed by atoms with van der Waals surface area (Å²) in [5, 5.41) is 23.2. The zero-order valence-corrected chi connectivity index (χ0v) is 19.0. The Hall–Kier alpha value is -3.50. The zero-order chi connectivity index (χ0) is 24.3. The normalized spacial score (nSPS) is 14.3. The Morgan fingerprint density at radius 3 is 2.35 bits per heavy atom. The van der Waals surface area contributed by atoms with E-state index in [4.69, 9.17) is 4.74 Å². The van der Waals surface area contributed by atoms with Crippen LogP contribution in [0.25, 0.3) is 0 Å². The molecule has 3 rings (SSSR count). The molecular formula is C24H30N4O6. The third-order valence-corrected chi connectivity index (χ3v) is 5.68. The number of carbonyl (C=O) groups excluding carboxylic acids is 2. The quantitative estimate of drug-likeness (QED) is 0.401. The lowest BCUT2D eigenvalue weighted by Crippen LogP contribution is -2.55. The third kappa shape index (κ3) is 7.26. The van der Waals surface area contributed by atoms with Gasteiger partial charge in [-0.3, -0.25) is 14.9 Å². The van der Waals surface area contributed by atoms with Crippen LogP contribution in [0.2, 0.25) is 0 Å². The van der Waals surface area contributed by atoms with Gasteiger partial charge in [0.15, 0.2) is 0 Å². The van der Waals surface area contributed by atoms with E-state index in [0.717, 1.165) is 5.56 Å². The molecule has 1 heterocycles. The second-order valence-corrected chi connectivity index (χ2v) is 8.01. The molecule has 0 spiro atoms. The number of ether oxygens (including phenoxy) is 1. The lowest BCUT2D eigenvalue weighted by molar-refractivity contribution is -0.384. The van der Waals surface area contributed by atoms with Crippen LogP contribution in [0.4, 0.5) is 10.5 Å². The van der Waals surface area contributed by atoms with Crippen molar-refractivity contribution in [3.05, 3.63) is 75.8 Å². The van der Waals surface area contributed by atoms with Crippen molar-refractivity contribution >= 4 is 17.6 Å². The molecule has 0 bridgehead atoms. The number of rotatable bonds is 10. The summed E-state index contributed by atoms with van der Waals surface area (Å²) in [6.45, 7) is 2.03. The highest BCUT2D eigenvalue weighted by atomic mass is 16.6. The van der Waals surface area contributed by atoms with Crippen LogP contribution in [0.3, 0.4) is 0 Å². The number of hydrogen-bond acceptors (Lipinski definition) is 6. The van der Waals surface area contributed by atoms with Crippen LogP contribution in [0, 0.1) is 10.1 Å². The number of nitro groups is 1. The first-order chi connectivity index (χ1) is 16.5. The van der Waals surface area contributed by atoms with Crippen LogP contribution in [-0.2, 0) is 22.4 Å². The maximum absolute atomic E-state index is 13.3. The van der Waals surface area contributed by atoms with Crippen molar-refractivity contribution in [1.29, 1.82) is 0 Å². The van der Waals surface area contributed by atoms with Crippen molar-refractivity contribution in [3.63, 3.8) is 0 Å². The number of hydrogen-bond donors (Lipinski definition) is 2. The van der Waals surface area contributed by atoms with Crippen LogP contribution < -0.4 is 5.32 Å². The van der Waals surface area contributed by atoms with E-state index >= 15 is 0 Å². The molecule has 2 aromatic rings. The van der Waals surface area contributed by atoms with Crippen molar-refractivity contribution in [1.82, 2.24) is 15.1 Å². The smallest absolute Gasteiger partial charge is 0.318 e. The molecule has 10 nitrogen and oxygen atoms in total. The molecule has 0 saturated carbocycles. The Balaban J connectivity index is 1.72. The Morgan fingerprint density at radius 1 is 1.06 bits per heavy atom. The summed E-state index contributed by atoms with van der Waals surface area (Å²) in [6.07, 6.45) is 0.796. The number of carbonyl (C=O) groups is 2. The molecule has 1 saturated heterocycles. The number of aliphatic hydroxyl groups is 1. The number of nitrogens with zero attached hydrogens (tertiary/aromatic N) is 3. The minimum absolute atomic E-state index is 0.0427. The summed E-state index contributed by atoms with van der Waals surface area (Å²) in [6, 6.07) is 14.3. The lowest BCUT2D eigenvalue weighted by Gasteiger charge is -2.32. The van der Waals surface area contributed by atoms with Gasteiger partial charge in [-0.25, -0.2) is 4.79 Å². The minimum Gasteiger partial charge on any atom is -0.395 e. The summed E-state index contributed by atoms with van der Waals surface area (Å²) < 4.78 is 5.33. The van der Waals surface area contributed by atoms with Gasteiger partial charge in [0.05, 0.1) is 24.7 Å². The predicted octanol–water partition coefficient (Wildman–Crippen LogP) is 1.61. The fraction of sp³-hybridized carbons (Fsp3) is 0.417. The molecule has 2 N–H and O–H groups in total. The van der Waals surface area contributed by atoms with Crippen molar-refractivity contribution in [2.75, 3.05) is 46.0 Å². The third-order valence-electron chi connectivity index (χ3n) is 5.68. The first-order valence-electron chi connectivity index (χ1n) is 11.3. The molecule has 1 aliphatic rings. The van der Waals surface area contributed by atoms with Gasteiger partial charge in [0.1, 0.15) is 6.04 Å². The average molecular weight is 471 g/mol. The Morgan fingerprint density at radius 2 is 1.74 bits per heavy atom. The van der Waals surface area contributed by atoms with Gasteiger partial charge in [0, 0.05) is 44.7 Å². The van der Waals surface area contributed by atoms with E-state index < -0.39 is 17.0 Å². The fourth-order valence-corrected chi connectivity index (χ4v) is 3.78. The number of urea groups is 1. The standard InChI is InChI=1S/C24H30N4O6/c29-15-12-27(11-10-19-4-2-1-3-5-19)24(31)25-22(23(30)26-13-16-34-17-14-26)18-20-6-8-21(9-7-20)28(32)33/h1-9,22,29H,10-18H2,(H,25,31). The van der Waals surface area contributed by atoms with Crippen molar-refractivity contribution < 1.29 is 24.4 Å². The fourth-order valence-electron chi connectivity index (χ4n) is 3.78. The maximum atomic E-state index is 13.3. The van der Waals surface area contributed by atoms with E-state index in [2.05, 4.69) is 5.32 Å². The molecule has 34 heavy (non-hydrogen) atoms. The van der Waals surface area contributed by atoms with E-state index in [9.17, 15) is 24.8 Å². The molecular weight excluding hydrogens is 440 g/mol. The Bertz CT molecular complexity index is 948. The number of benzene rings is 2. The SMILES string of the molecule is O=C(NC(Cc1ccc([N+](=O)[O-])cc1)C(=O)N1CCOCC1)N(CCO)CCc1ccccc1.